The number of hydrogen-bond donors (Lipinski definition) is 0. The Morgan fingerprint density at radius 1 is 1.33 bits per heavy atom. The van der Waals surface area contributed by atoms with Crippen LogP contribution in [-0.2, 0) is 6.42 Å². The molecule has 1 aromatic carbocycles. The molecule has 15 heavy (non-hydrogen) atoms. The first-order valence-electron chi connectivity index (χ1n) is 5.23. The number of hydrogen-bond acceptors (Lipinski definition) is 1. The van der Waals surface area contributed by atoms with Crippen molar-refractivity contribution in [2.45, 2.75) is 19.4 Å². The van der Waals surface area contributed by atoms with Crippen LogP contribution in [0, 0.1) is 0 Å². The Hall–Kier alpha value is -0.600. The molecule has 1 aliphatic rings. The van der Waals surface area contributed by atoms with Gasteiger partial charge in [0.15, 0.2) is 0 Å². The molecule has 0 radical (unpaired) electrons. The highest BCUT2D eigenvalue weighted by Crippen LogP contribution is 2.30. The molecule has 0 N–H and O–H groups in total. The minimum absolute atomic E-state index is 0.524. The lowest BCUT2D eigenvalue weighted by Crippen LogP contribution is -2.26. The second kappa shape index (κ2) is 4.11. The van der Waals surface area contributed by atoms with E-state index in [4.69, 9.17) is 0 Å². The highest BCUT2D eigenvalue weighted by molar-refractivity contribution is 9.10. The quantitative estimate of drug-likeness (QED) is 0.793. The number of fused-ring (bicyclic) bond motifs is 1. The summed E-state index contributed by atoms with van der Waals surface area (Å²) in [5.41, 5.74) is 4.32. The second-order valence-corrected chi connectivity index (χ2v) is 5.29. The Morgan fingerprint density at radius 2 is 2.07 bits per heavy atom. The summed E-state index contributed by atoms with van der Waals surface area (Å²) in [7, 11) is 4.26. The van der Waals surface area contributed by atoms with Gasteiger partial charge in [0.05, 0.1) is 0 Å². The van der Waals surface area contributed by atoms with Gasteiger partial charge in [-0.25, -0.2) is 0 Å². The third-order valence-electron chi connectivity index (χ3n) is 3.15. The molecule has 0 aliphatic heterocycles. The van der Waals surface area contributed by atoms with Gasteiger partial charge < -0.3 is 4.90 Å². The van der Waals surface area contributed by atoms with Crippen molar-refractivity contribution in [3.05, 3.63) is 39.4 Å². The van der Waals surface area contributed by atoms with Gasteiger partial charge in [0.1, 0.15) is 0 Å². The predicted octanol–water partition coefficient (Wildman–Crippen LogP) is 3.34. The number of likely N-dealkylation sites (N-methyl/N-ethyl adjacent to an activating group) is 1. The molecule has 0 heterocycles. The van der Waals surface area contributed by atoms with Gasteiger partial charge in [-0.2, -0.15) is 0 Å². The topological polar surface area (TPSA) is 3.24 Å². The highest BCUT2D eigenvalue weighted by atomic mass is 79.9. The molecule has 0 spiro atoms. The Balaban J connectivity index is 2.27. The van der Waals surface area contributed by atoms with Crippen LogP contribution in [0.1, 0.15) is 18.1 Å². The first-order valence-corrected chi connectivity index (χ1v) is 6.02. The first-order chi connectivity index (χ1) is 7.08. The van der Waals surface area contributed by atoms with E-state index in [1.165, 1.54) is 16.7 Å². The lowest BCUT2D eigenvalue weighted by molar-refractivity contribution is 0.349. The van der Waals surface area contributed by atoms with Crippen LogP contribution in [0.2, 0.25) is 0 Å². The fourth-order valence-corrected chi connectivity index (χ4v) is 2.31. The molecule has 1 atom stereocenters. The van der Waals surface area contributed by atoms with Crippen LogP contribution in [0.25, 0.3) is 6.08 Å². The van der Waals surface area contributed by atoms with Crippen molar-refractivity contribution < 1.29 is 0 Å². The molecule has 0 bridgehead atoms. The van der Waals surface area contributed by atoms with Crippen LogP contribution >= 0.6 is 15.9 Å². The minimum atomic E-state index is 0.524. The van der Waals surface area contributed by atoms with Gasteiger partial charge in [-0.15, -0.1) is 0 Å². The van der Waals surface area contributed by atoms with E-state index in [2.05, 4.69) is 66.1 Å². The summed E-state index contributed by atoms with van der Waals surface area (Å²) in [6, 6.07) is 7.06. The molecular weight excluding hydrogens is 250 g/mol. The molecular formula is C13H16BrN. The minimum Gasteiger partial charge on any atom is -0.303 e. The Morgan fingerprint density at radius 3 is 2.73 bits per heavy atom. The van der Waals surface area contributed by atoms with Gasteiger partial charge in [0.25, 0.3) is 0 Å². The van der Waals surface area contributed by atoms with E-state index in [1.54, 1.807) is 0 Å². The molecule has 0 amide bonds. The van der Waals surface area contributed by atoms with E-state index in [1.807, 2.05) is 0 Å². The van der Waals surface area contributed by atoms with Crippen LogP contribution < -0.4 is 0 Å². The molecule has 1 unspecified atom stereocenters. The van der Waals surface area contributed by atoms with Gasteiger partial charge in [0.2, 0.25) is 0 Å². The zero-order valence-corrected chi connectivity index (χ0v) is 11.0. The van der Waals surface area contributed by atoms with Crippen molar-refractivity contribution in [2.75, 3.05) is 14.1 Å². The number of rotatable bonds is 2. The number of halogens is 1. The summed E-state index contributed by atoms with van der Waals surface area (Å²) in [5, 5.41) is 0. The third-order valence-corrected chi connectivity index (χ3v) is 3.65. The lowest BCUT2D eigenvalue weighted by atomic mass is 10.1. The maximum Gasteiger partial charge on any atom is 0.0279 e. The van der Waals surface area contributed by atoms with Gasteiger partial charge in [-0.1, -0.05) is 28.1 Å². The molecule has 1 nitrogen and oxygen atoms in total. The van der Waals surface area contributed by atoms with Crippen molar-refractivity contribution >= 4 is 22.0 Å². The lowest BCUT2D eigenvalue weighted by Gasteiger charge is -2.20. The van der Waals surface area contributed by atoms with Crippen LogP contribution in [0.5, 0.6) is 0 Å². The SMILES string of the molecule is CC(C1=Cc2cc(Br)ccc2C1)N(C)C. The average Bonchev–Trinajstić information content (AvgIpc) is 2.58. The summed E-state index contributed by atoms with van der Waals surface area (Å²) in [6.07, 6.45) is 3.42. The van der Waals surface area contributed by atoms with Crippen LogP contribution in [0.15, 0.2) is 28.2 Å². The van der Waals surface area contributed by atoms with Crippen LogP contribution in [0.3, 0.4) is 0 Å². The fraction of sp³-hybridized carbons (Fsp3) is 0.385. The second-order valence-electron chi connectivity index (χ2n) is 4.38. The molecule has 80 valence electrons. The van der Waals surface area contributed by atoms with Gasteiger partial charge in [-0.05, 0) is 56.3 Å². The van der Waals surface area contributed by atoms with Gasteiger partial charge >= 0.3 is 0 Å². The molecule has 2 rings (SSSR count). The van der Waals surface area contributed by atoms with E-state index in [0.29, 0.717) is 6.04 Å². The Labute approximate surface area is 99.9 Å². The van der Waals surface area contributed by atoms with Crippen LogP contribution in [0.4, 0.5) is 0 Å². The predicted molar refractivity (Wildman–Crippen MR) is 69.0 cm³/mol. The largest absolute Gasteiger partial charge is 0.303 e. The summed E-state index contributed by atoms with van der Waals surface area (Å²) in [4.78, 5) is 2.26. The smallest absolute Gasteiger partial charge is 0.0279 e. The standard InChI is InChI=1S/C13H16BrN/c1-9(15(2)3)11-6-10-4-5-13(14)8-12(10)7-11/h4-5,7-9H,6H2,1-3H3. The number of benzene rings is 1. The van der Waals surface area contributed by atoms with E-state index >= 15 is 0 Å². The van der Waals surface area contributed by atoms with Crippen LogP contribution in [-0.4, -0.2) is 25.0 Å². The van der Waals surface area contributed by atoms with Crippen molar-refractivity contribution in [1.82, 2.24) is 4.90 Å². The summed E-state index contributed by atoms with van der Waals surface area (Å²) >= 11 is 3.51. The van der Waals surface area contributed by atoms with Gasteiger partial charge in [-0.3, -0.25) is 0 Å². The van der Waals surface area contributed by atoms with Crippen molar-refractivity contribution in [1.29, 1.82) is 0 Å². The third kappa shape index (κ3) is 2.16. The molecule has 0 fully saturated rings. The highest BCUT2D eigenvalue weighted by Gasteiger charge is 2.18. The monoisotopic (exact) mass is 265 g/mol. The maximum absolute atomic E-state index is 3.51. The first kappa shape index (κ1) is 10.9. The molecule has 0 aromatic heterocycles. The van der Waals surface area contributed by atoms with E-state index in [0.717, 1.165) is 10.9 Å². The zero-order valence-electron chi connectivity index (χ0n) is 9.42. The maximum atomic E-state index is 3.51. The molecule has 1 aromatic rings. The van der Waals surface area contributed by atoms with Crippen molar-refractivity contribution in [3.8, 4) is 0 Å². The van der Waals surface area contributed by atoms with E-state index in [9.17, 15) is 0 Å². The summed E-state index contributed by atoms with van der Waals surface area (Å²) < 4.78 is 1.16. The molecule has 1 aliphatic carbocycles. The van der Waals surface area contributed by atoms with E-state index in [-0.39, 0.29) is 0 Å². The van der Waals surface area contributed by atoms with E-state index < -0.39 is 0 Å². The number of nitrogens with zero attached hydrogens (tertiary/aromatic N) is 1. The molecule has 0 saturated heterocycles. The summed E-state index contributed by atoms with van der Waals surface area (Å²) in [5.74, 6) is 0. The molecule has 0 saturated carbocycles. The fourth-order valence-electron chi connectivity index (χ4n) is 1.93. The van der Waals surface area contributed by atoms with Gasteiger partial charge in [0, 0.05) is 10.5 Å². The Kier molecular flexibility index (Phi) is 2.98. The Bertz CT molecular complexity index is 407. The van der Waals surface area contributed by atoms with Crippen molar-refractivity contribution in [3.63, 3.8) is 0 Å². The summed E-state index contributed by atoms with van der Waals surface area (Å²) in [6.45, 7) is 2.26. The van der Waals surface area contributed by atoms with Crippen molar-refractivity contribution in [2.24, 2.45) is 0 Å². The molecule has 2 heteroatoms. The average molecular weight is 266 g/mol. The normalized spacial score (nSPS) is 16.5. The zero-order chi connectivity index (χ0) is 11.0.